The first-order valence-corrected chi connectivity index (χ1v) is 10.2. The van der Waals surface area contributed by atoms with Crippen LogP contribution in [0.2, 0.25) is 0 Å². The number of sulfonamides is 1. The molecule has 1 aliphatic carbocycles. The molecule has 2 aromatic carbocycles. The minimum atomic E-state index is -3.79. The van der Waals surface area contributed by atoms with Gasteiger partial charge < -0.3 is 4.52 Å². The van der Waals surface area contributed by atoms with E-state index in [1.54, 1.807) is 12.1 Å². The molecular weight excluding hydrogens is 407 g/mol. The molecule has 0 aliphatic heterocycles. The Bertz CT molecular complexity index is 1210. The van der Waals surface area contributed by atoms with E-state index >= 15 is 0 Å². The molecule has 0 saturated heterocycles. The van der Waals surface area contributed by atoms with Crippen molar-refractivity contribution >= 4 is 10.0 Å². The number of hydrogen-bond acceptors (Lipinski definition) is 5. The Morgan fingerprint density at radius 1 is 1.07 bits per heavy atom. The minimum Gasteiger partial charge on any atom is -0.334 e. The summed E-state index contributed by atoms with van der Waals surface area (Å²) in [7, 11) is -3.79. The van der Waals surface area contributed by atoms with Gasteiger partial charge in [-0.15, -0.1) is 0 Å². The fourth-order valence-electron chi connectivity index (χ4n) is 3.79. The van der Waals surface area contributed by atoms with Gasteiger partial charge in [-0.2, -0.15) is 4.98 Å². The molecule has 0 unspecified atom stereocenters. The molecule has 2 atom stereocenters. The van der Waals surface area contributed by atoms with Crippen LogP contribution in [0.5, 0.6) is 0 Å². The predicted octanol–water partition coefficient (Wildman–Crippen LogP) is 3.71. The molecule has 6 nitrogen and oxygen atoms in total. The molecule has 1 fully saturated rings. The first kappa shape index (κ1) is 19.6. The van der Waals surface area contributed by atoms with Crippen LogP contribution in [0.4, 0.5) is 13.2 Å². The fraction of sp³-hybridized carbons (Fsp3) is 0.263. The third kappa shape index (κ3) is 3.32. The van der Waals surface area contributed by atoms with Crippen LogP contribution in [0.3, 0.4) is 0 Å². The van der Waals surface area contributed by atoms with E-state index in [0.29, 0.717) is 6.07 Å². The van der Waals surface area contributed by atoms with Gasteiger partial charge in [-0.3, -0.25) is 0 Å². The zero-order chi connectivity index (χ0) is 21.1. The van der Waals surface area contributed by atoms with Gasteiger partial charge in [0, 0.05) is 17.9 Å². The van der Waals surface area contributed by atoms with Crippen molar-refractivity contribution in [3.63, 3.8) is 0 Å². The molecule has 2 N–H and O–H groups in total. The summed E-state index contributed by atoms with van der Waals surface area (Å²) in [4.78, 5) is 4.15. The zero-order valence-electron chi connectivity index (χ0n) is 15.4. The average Bonchev–Trinajstić information content (AvgIpc) is 2.98. The second-order valence-corrected chi connectivity index (χ2v) is 9.16. The van der Waals surface area contributed by atoms with Gasteiger partial charge >= 0.3 is 0 Å². The Labute approximate surface area is 164 Å². The number of halogens is 3. The summed E-state index contributed by atoms with van der Waals surface area (Å²) in [5.74, 6) is -3.89. The van der Waals surface area contributed by atoms with Gasteiger partial charge in [-0.1, -0.05) is 31.1 Å². The highest BCUT2D eigenvalue weighted by atomic mass is 32.2. The van der Waals surface area contributed by atoms with Crippen LogP contribution in [-0.2, 0) is 10.0 Å². The lowest BCUT2D eigenvalue weighted by atomic mass is 10.0. The molecule has 0 radical (unpaired) electrons. The molecule has 1 saturated carbocycles. The standard InChI is InChI=1S/C19H16F3N3O3S/c1-19(2)14(9-3-5-11(6-4-9)29(23,26)27)15(19)17-24-18(28-25-17)12-7-10(20)8-13(21)16(12)22/h3-8,14-15H,1-2H3,(H2,23,26,27)/t14-,15+/m0/s1. The summed E-state index contributed by atoms with van der Waals surface area (Å²) >= 11 is 0. The fourth-order valence-corrected chi connectivity index (χ4v) is 4.30. The number of nitrogens with two attached hydrogens (primary N) is 1. The molecule has 152 valence electrons. The van der Waals surface area contributed by atoms with Crippen molar-refractivity contribution in [3.8, 4) is 11.5 Å². The van der Waals surface area contributed by atoms with E-state index in [0.717, 1.165) is 11.6 Å². The summed E-state index contributed by atoms with van der Waals surface area (Å²) in [5, 5.41) is 8.99. The van der Waals surface area contributed by atoms with Crippen LogP contribution in [0, 0.1) is 22.9 Å². The van der Waals surface area contributed by atoms with Crippen LogP contribution in [-0.4, -0.2) is 18.6 Å². The zero-order valence-corrected chi connectivity index (χ0v) is 16.2. The molecule has 1 heterocycles. The smallest absolute Gasteiger partial charge is 0.261 e. The maximum Gasteiger partial charge on any atom is 0.261 e. The lowest BCUT2D eigenvalue weighted by Gasteiger charge is -2.04. The van der Waals surface area contributed by atoms with Gasteiger partial charge in [0.15, 0.2) is 17.5 Å². The van der Waals surface area contributed by atoms with Crippen molar-refractivity contribution < 1.29 is 26.1 Å². The summed E-state index contributed by atoms with van der Waals surface area (Å²) in [6, 6.07) is 7.38. The molecule has 1 aromatic heterocycles. The van der Waals surface area contributed by atoms with Crippen molar-refractivity contribution in [3.05, 3.63) is 65.2 Å². The Hall–Kier alpha value is -2.72. The van der Waals surface area contributed by atoms with Gasteiger partial charge in [-0.05, 0) is 29.2 Å². The predicted molar refractivity (Wildman–Crippen MR) is 96.7 cm³/mol. The maximum atomic E-state index is 14.0. The van der Waals surface area contributed by atoms with E-state index in [-0.39, 0.29) is 33.9 Å². The van der Waals surface area contributed by atoms with Crippen LogP contribution >= 0.6 is 0 Å². The Morgan fingerprint density at radius 2 is 1.72 bits per heavy atom. The summed E-state index contributed by atoms with van der Waals surface area (Å²) in [6.45, 7) is 3.93. The second kappa shape index (κ2) is 6.39. The highest BCUT2D eigenvalue weighted by molar-refractivity contribution is 7.89. The highest BCUT2D eigenvalue weighted by Crippen LogP contribution is 2.69. The lowest BCUT2D eigenvalue weighted by Crippen LogP contribution is -2.11. The molecular formula is C19H16F3N3O3S. The largest absolute Gasteiger partial charge is 0.334 e. The van der Waals surface area contributed by atoms with E-state index in [2.05, 4.69) is 10.1 Å². The van der Waals surface area contributed by atoms with Crippen molar-refractivity contribution in [1.29, 1.82) is 0 Å². The third-order valence-electron chi connectivity index (χ3n) is 5.34. The van der Waals surface area contributed by atoms with Crippen LogP contribution in [0.15, 0.2) is 45.8 Å². The first-order chi connectivity index (χ1) is 13.5. The van der Waals surface area contributed by atoms with Gasteiger partial charge in [0.05, 0.1) is 10.5 Å². The van der Waals surface area contributed by atoms with E-state index in [9.17, 15) is 21.6 Å². The monoisotopic (exact) mass is 423 g/mol. The summed E-state index contributed by atoms with van der Waals surface area (Å²) < 4.78 is 68.8. The molecule has 1 aliphatic rings. The number of hydrogen-bond donors (Lipinski definition) is 1. The quantitative estimate of drug-likeness (QED) is 0.645. The molecule has 0 spiro atoms. The van der Waals surface area contributed by atoms with Crippen molar-refractivity contribution in [2.75, 3.05) is 0 Å². The van der Waals surface area contributed by atoms with E-state index in [4.69, 9.17) is 9.66 Å². The molecule has 3 aromatic rings. The average molecular weight is 423 g/mol. The van der Waals surface area contributed by atoms with Gasteiger partial charge in [-0.25, -0.2) is 26.7 Å². The number of benzene rings is 2. The second-order valence-electron chi connectivity index (χ2n) is 7.60. The van der Waals surface area contributed by atoms with Crippen molar-refractivity contribution in [1.82, 2.24) is 10.1 Å². The van der Waals surface area contributed by atoms with E-state index in [1.807, 2.05) is 13.8 Å². The van der Waals surface area contributed by atoms with Crippen molar-refractivity contribution in [2.45, 2.75) is 30.6 Å². The topological polar surface area (TPSA) is 99.1 Å². The van der Waals surface area contributed by atoms with Crippen LogP contribution < -0.4 is 5.14 Å². The van der Waals surface area contributed by atoms with Crippen molar-refractivity contribution in [2.24, 2.45) is 10.6 Å². The molecule has 29 heavy (non-hydrogen) atoms. The minimum absolute atomic E-state index is 0.00158. The SMILES string of the molecule is CC1(C)[C@@H](c2ccc(S(N)(=O)=O)cc2)[C@@H]1c1noc(-c2cc(F)cc(F)c2F)n1. The Kier molecular flexibility index (Phi) is 4.32. The Balaban J connectivity index is 1.65. The molecule has 0 bridgehead atoms. The Morgan fingerprint density at radius 3 is 2.34 bits per heavy atom. The third-order valence-corrected chi connectivity index (χ3v) is 6.27. The number of primary sulfonamides is 1. The van der Waals surface area contributed by atoms with Gasteiger partial charge in [0.1, 0.15) is 5.82 Å². The summed E-state index contributed by atoms with van der Waals surface area (Å²) in [6.07, 6.45) is 0. The lowest BCUT2D eigenvalue weighted by molar-refractivity contribution is 0.414. The molecule has 4 rings (SSSR count). The maximum absolute atomic E-state index is 14.0. The van der Waals surface area contributed by atoms with Gasteiger partial charge in [0.2, 0.25) is 10.0 Å². The number of nitrogens with zero attached hydrogens (tertiary/aromatic N) is 2. The number of rotatable bonds is 4. The molecule has 0 amide bonds. The molecule has 10 heteroatoms. The van der Waals surface area contributed by atoms with E-state index < -0.39 is 33.0 Å². The summed E-state index contributed by atoms with van der Waals surface area (Å²) in [5.41, 5.74) is 0.103. The first-order valence-electron chi connectivity index (χ1n) is 8.61. The van der Waals surface area contributed by atoms with Crippen LogP contribution in [0.25, 0.3) is 11.5 Å². The van der Waals surface area contributed by atoms with Crippen LogP contribution in [0.1, 0.15) is 37.1 Å². The highest BCUT2D eigenvalue weighted by Gasteiger charge is 2.61. The normalized spacial score (nSPS) is 20.6. The van der Waals surface area contributed by atoms with E-state index in [1.165, 1.54) is 12.1 Å². The number of aromatic nitrogens is 2. The van der Waals surface area contributed by atoms with Gasteiger partial charge in [0.25, 0.3) is 5.89 Å².